The van der Waals surface area contributed by atoms with E-state index >= 15 is 0 Å². The summed E-state index contributed by atoms with van der Waals surface area (Å²) in [6, 6.07) is 1.92. The smallest absolute Gasteiger partial charge is 0.450 e. The number of fused-ring (bicyclic) bond motifs is 3. The quantitative estimate of drug-likeness (QED) is 0.698. The van der Waals surface area contributed by atoms with Crippen LogP contribution in [0.3, 0.4) is 0 Å². The van der Waals surface area contributed by atoms with Gasteiger partial charge in [0.1, 0.15) is 17.7 Å². The fourth-order valence-electron chi connectivity index (χ4n) is 3.12. The van der Waals surface area contributed by atoms with Crippen molar-refractivity contribution in [3.05, 3.63) is 24.3 Å². The molecule has 1 fully saturated rings. The minimum Gasteiger partial charge on any atom is -0.450 e. The average Bonchev–Trinajstić information content (AvgIpc) is 3.14. The number of carbonyl (C=O) groups is 1. The van der Waals surface area contributed by atoms with E-state index in [9.17, 15) is 4.79 Å². The van der Waals surface area contributed by atoms with Crippen LogP contribution in [0.2, 0.25) is 0 Å². The first-order valence-electron chi connectivity index (χ1n) is 7.36. The number of ether oxygens (including phenoxy) is 1. The van der Waals surface area contributed by atoms with E-state index in [0.717, 1.165) is 27.9 Å². The van der Waals surface area contributed by atoms with Crippen molar-refractivity contribution in [1.29, 1.82) is 0 Å². The lowest BCUT2D eigenvalue weighted by atomic mass is 10.2. The van der Waals surface area contributed by atoms with Crippen LogP contribution in [0.5, 0.6) is 0 Å². The number of aryl methyl sites for hydroxylation is 1. The monoisotopic (exact) mass is 313 g/mol. The molecule has 0 aliphatic carbocycles. The number of pyridine rings is 1. The normalized spacial score (nSPS) is 18.0. The number of nitrogens with one attached hydrogen (secondary N) is 1. The molecule has 1 aliphatic rings. The summed E-state index contributed by atoms with van der Waals surface area (Å²) >= 11 is 0. The molecule has 0 aromatic carbocycles. The zero-order valence-corrected chi connectivity index (χ0v) is 12.5. The van der Waals surface area contributed by atoms with Crippen LogP contribution in [0, 0.1) is 6.92 Å². The van der Waals surface area contributed by atoms with Gasteiger partial charge in [-0.25, -0.2) is 19.7 Å². The third kappa shape index (κ3) is 2.32. The summed E-state index contributed by atoms with van der Waals surface area (Å²) < 4.78 is 4.89. The molecule has 4 heterocycles. The standard InChI is InChI=1S/C15H15N5O3/c1-8-18-11-6-17-13-10(2-4-16-13)12(11)14(19-8)20-5-3-9(7-20)23-15(21)22/h2,4,6,9H,3,5,7H2,1H3,(H,18,19)(H,21,22). The Balaban J connectivity index is 1.83. The van der Waals surface area contributed by atoms with Crippen LogP contribution in [0.15, 0.2) is 18.5 Å². The van der Waals surface area contributed by atoms with Gasteiger partial charge in [0.15, 0.2) is 5.65 Å². The molecule has 2 N–H and O–H groups in total. The predicted molar refractivity (Wildman–Crippen MR) is 83.7 cm³/mol. The van der Waals surface area contributed by atoms with Crippen molar-refractivity contribution >= 4 is 33.9 Å². The van der Waals surface area contributed by atoms with Gasteiger partial charge in [-0.05, 0) is 13.0 Å². The fraction of sp³-hybridized carbons (Fsp3) is 0.333. The highest BCUT2D eigenvalue weighted by Gasteiger charge is 2.28. The highest BCUT2D eigenvalue weighted by molar-refractivity contribution is 6.09. The Morgan fingerprint density at radius 2 is 2.35 bits per heavy atom. The molecule has 3 aromatic heterocycles. The SMILES string of the molecule is Cc1nc(N2CCC(OC(=O)O)C2)c2c(cnc3nccc32)[nH]1. The molecule has 3 aromatic rings. The first-order chi connectivity index (χ1) is 11.1. The van der Waals surface area contributed by atoms with Crippen molar-refractivity contribution in [2.45, 2.75) is 19.4 Å². The first-order valence-corrected chi connectivity index (χ1v) is 7.36. The van der Waals surface area contributed by atoms with Crippen LogP contribution in [-0.2, 0) is 4.74 Å². The minimum atomic E-state index is -1.24. The van der Waals surface area contributed by atoms with E-state index in [2.05, 4.69) is 24.8 Å². The fourth-order valence-corrected chi connectivity index (χ4v) is 3.12. The number of nitrogens with zero attached hydrogens (tertiary/aromatic N) is 4. The van der Waals surface area contributed by atoms with Gasteiger partial charge >= 0.3 is 6.16 Å². The number of hydrogen-bond acceptors (Lipinski definition) is 6. The predicted octanol–water partition coefficient (Wildman–Crippen LogP) is 2.09. The molecule has 0 spiro atoms. The lowest BCUT2D eigenvalue weighted by Gasteiger charge is -2.20. The molecule has 1 saturated heterocycles. The molecular formula is C15H15N5O3. The van der Waals surface area contributed by atoms with Gasteiger partial charge in [0.05, 0.1) is 23.6 Å². The summed E-state index contributed by atoms with van der Waals surface area (Å²) in [6.07, 6.45) is 2.56. The Labute approximate surface area is 131 Å². The molecule has 4 rings (SSSR count). The van der Waals surface area contributed by atoms with Gasteiger partial charge in [-0.1, -0.05) is 0 Å². The number of H-pyrrole nitrogens is 1. The van der Waals surface area contributed by atoms with E-state index < -0.39 is 6.16 Å². The summed E-state index contributed by atoms with van der Waals surface area (Å²) in [4.78, 5) is 29.2. The Kier molecular flexibility index (Phi) is 3.03. The second-order valence-corrected chi connectivity index (χ2v) is 5.62. The number of anilines is 1. The largest absolute Gasteiger partial charge is 0.506 e. The van der Waals surface area contributed by atoms with Crippen molar-refractivity contribution in [1.82, 2.24) is 19.9 Å². The lowest BCUT2D eigenvalue weighted by molar-refractivity contribution is 0.0602. The van der Waals surface area contributed by atoms with Gasteiger partial charge in [0, 0.05) is 24.5 Å². The van der Waals surface area contributed by atoms with Gasteiger partial charge in [0.2, 0.25) is 0 Å². The lowest BCUT2D eigenvalue weighted by Crippen LogP contribution is -2.25. The maximum absolute atomic E-state index is 10.7. The Morgan fingerprint density at radius 1 is 1.48 bits per heavy atom. The molecule has 0 radical (unpaired) electrons. The second kappa shape index (κ2) is 5.08. The van der Waals surface area contributed by atoms with E-state index in [0.29, 0.717) is 25.2 Å². The van der Waals surface area contributed by atoms with Crippen molar-refractivity contribution < 1.29 is 14.6 Å². The van der Waals surface area contributed by atoms with Gasteiger partial charge in [-0.2, -0.15) is 0 Å². The maximum Gasteiger partial charge on any atom is 0.506 e. The number of rotatable bonds is 2. The number of hydrogen-bond donors (Lipinski definition) is 2. The Morgan fingerprint density at radius 3 is 3.17 bits per heavy atom. The zero-order valence-electron chi connectivity index (χ0n) is 12.5. The zero-order chi connectivity index (χ0) is 16.0. The maximum atomic E-state index is 10.7. The van der Waals surface area contributed by atoms with Gasteiger partial charge in [0.25, 0.3) is 0 Å². The summed E-state index contributed by atoms with van der Waals surface area (Å²) in [5.41, 5.74) is 1.56. The van der Waals surface area contributed by atoms with Crippen molar-refractivity contribution in [2.24, 2.45) is 0 Å². The molecule has 23 heavy (non-hydrogen) atoms. The highest BCUT2D eigenvalue weighted by atomic mass is 16.7. The third-order valence-corrected chi connectivity index (χ3v) is 4.06. The molecule has 8 nitrogen and oxygen atoms in total. The number of aromatic amines is 1. The molecule has 118 valence electrons. The second-order valence-electron chi connectivity index (χ2n) is 5.62. The molecule has 0 amide bonds. The van der Waals surface area contributed by atoms with Crippen LogP contribution in [0.25, 0.3) is 21.9 Å². The van der Waals surface area contributed by atoms with Gasteiger partial charge < -0.3 is 19.7 Å². The molecule has 1 unspecified atom stereocenters. The van der Waals surface area contributed by atoms with Crippen molar-refractivity contribution in [3.63, 3.8) is 0 Å². The third-order valence-electron chi connectivity index (χ3n) is 4.06. The number of aromatic nitrogens is 4. The van der Waals surface area contributed by atoms with Crippen molar-refractivity contribution in [3.8, 4) is 0 Å². The summed E-state index contributed by atoms with van der Waals surface area (Å²) in [5.74, 6) is 1.59. The van der Waals surface area contributed by atoms with Gasteiger partial charge in [-0.15, -0.1) is 0 Å². The summed E-state index contributed by atoms with van der Waals surface area (Å²) in [6.45, 7) is 3.08. The molecular weight excluding hydrogens is 298 g/mol. The van der Waals surface area contributed by atoms with Crippen LogP contribution >= 0.6 is 0 Å². The van der Waals surface area contributed by atoms with E-state index in [1.807, 2.05) is 13.0 Å². The molecule has 1 atom stereocenters. The average molecular weight is 313 g/mol. The summed E-state index contributed by atoms with van der Waals surface area (Å²) in [5, 5.41) is 10.7. The van der Waals surface area contributed by atoms with Crippen LogP contribution < -0.4 is 4.90 Å². The Hall–Kier alpha value is -2.90. The molecule has 0 bridgehead atoms. The van der Waals surface area contributed by atoms with E-state index in [1.165, 1.54) is 0 Å². The topological polar surface area (TPSA) is 104 Å². The van der Waals surface area contributed by atoms with Crippen LogP contribution in [0.4, 0.5) is 10.6 Å². The van der Waals surface area contributed by atoms with E-state index in [1.54, 1.807) is 12.4 Å². The molecule has 0 saturated carbocycles. The first kappa shape index (κ1) is 13.7. The number of carboxylic acid groups (broad SMARTS) is 1. The minimum absolute atomic E-state index is 0.330. The highest BCUT2D eigenvalue weighted by Crippen LogP contribution is 2.32. The van der Waals surface area contributed by atoms with Crippen LogP contribution in [-0.4, -0.2) is 50.4 Å². The van der Waals surface area contributed by atoms with E-state index in [4.69, 9.17) is 9.84 Å². The van der Waals surface area contributed by atoms with Crippen molar-refractivity contribution in [2.75, 3.05) is 18.0 Å². The van der Waals surface area contributed by atoms with E-state index in [-0.39, 0.29) is 6.10 Å². The Bertz CT molecular complexity index is 907. The molecule has 8 heteroatoms. The molecule has 1 aliphatic heterocycles. The van der Waals surface area contributed by atoms with Gasteiger partial charge in [-0.3, -0.25) is 0 Å². The summed E-state index contributed by atoms with van der Waals surface area (Å²) in [7, 11) is 0. The van der Waals surface area contributed by atoms with Crippen LogP contribution in [0.1, 0.15) is 12.2 Å².